The van der Waals surface area contributed by atoms with Gasteiger partial charge >= 0.3 is 11.8 Å². The number of nitrogens with one attached hydrogen (secondary N) is 1. The standard InChI is InChI=1S/C16H22BrClN2O2/c1-10(2)20(11(3)4)16(22)15(21)19-14(18)9-12-6-5-7-13(17)8-12/h5-8,10-11,14H,9H2,1-4H3,(H,19,21). The van der Waals surface area contributed by atoms with E-state index in [1.54, 1.807) is 0 Å². The van der Waals surface area contributed by atoms with Crippen LogP contribution in [-0.4, -0.2) is 34.3 Å². The second-order valence-electron chi connectivity index (χ2n) is 5.67. The first-order valence-electron chi connectivity index (χ1n) is 7.24. The molecule has 1 unspecified atom stereocenters. The van der Waals surface area contributed by atoms with E-state index in [-0.39, 0.29) is 12.1 Å². The number of carbonyl (C=O) groups excluding carboxylic acids is 2. The number of alkyl halides is 1. The van der Waals surface area contributed by atoms with E-state index in [4.69, 9.17) is 11.6 Å². The minimum absolute atomic E-state index is 0.0443. The van der Waals surface area contributed by atoms with E-state index in [0.29, 0.717) is 6.42 Å². The minimum atomic E-state index is -0.669. The zero-order valence-electron chi connectivity index (χ0n) is 13.3. The Morgan fingerprint density at radius 3 is 2.32 bits per heavy atom. The largest absolute Gasteiger partial charge is 0.331 e. The van der Waals surface area contributed by atoms with Crippen LogP contribution in [0.3, 0.4) is 0 Å². The first-order chi connectivity index (χ1) is 10.2. The van der Waals surface area contributed by atoms with E-state index < -0.39 is 17.3 Å². The van der Waals surface area contributed by atoms with E-state index in [0.717, 1.165) is 10.0 Å². The van der Waals surface area contributed by atoms with Gasteiger partial charge in [-0.15, -0.1) is 0 Å². The predicted molar refractivity (Wildman–Crippen MR) is 92.7 cm³/mol. The van der Waals surface area contributed by atoms with E-state index in [1.807, 2.05) is 52.0 Å². The highest BCUT2D eigenvalue weighted by atomic mass is 79.9. The van der Waals surface area contributed by atoms with Crippen molar-refractivity contribution >= 4 is 39.3 Å². The van der Waals surface area contributed by atoms with Crippen molar-refractivity contribution in [2.75, 3.05) is 0 Å². The fraction of sp³-hybridized carbons (Fsp3) is 0.500. The lowest BCUT2D eigenvalue weighted by Gasteiger charge is -2.30. The molecule has 0 bridgehead atoms. The Morgan fingerprint density at radius 2 is 1.82 bits per heavy atom. The van der Waals surface area contributed by atoms with E-state index in [1.165, 1.54) is 4.90 Å². The molecule has 1 aromatic carbocycles. The highest BCUT2D eigenvalue weighted by Crippen LogP contribution is 2.14. The average molecular weight is 390 g/mol. The number of halogens is 2. The van der Waals surface area contributed by atoms with Crippen molar-refractivity contribution in [1.29, 1.82) is 0 Å². The molecule has 0 heterocycles. The molecule has 1 rings (SSSR count). The molecule has 0 aliphatic heterocycles. The molecule has 0 spiro atoms. The number of nitrogens with zero attached hydrogens (tertiary/aromatic N) is 1. The SMILES string of the molecule is CC(C)N(C(=O)C(=O)NC(Cl)Cc1cccc(Br)c1)C(C)C. The Bertz CT molecular complexity index is 527. The summed E-state index contributed by atoms with van der Waals surface area (Å²) in [6.45, 7) is 7.52. The van der Waals surface area contributed by atoms with E-state index in [9.17, 15) is 9.59 Å². The fourth-order valence-corrected chi connectivity index (χ4v) is 3.03. The Balaban J connectivity index is 2.65. The van der Waals surface area contributed by atoms with Gasteiger partial charge in [-0.25, -0.2) is 0 Å². The number of amides is 2. The summed E-state index contributed by atoms with van der Waals surface area (Å²) in [6, 6.07) is 7.57. The third-order valence-corrected chi connectivity index (χ3v) is 3.89. The van der Waals surface area contributed by atoms with Crippen LogP contribution in [-0.2, 0) is 16.0 Å². The molecule has 0 aliphatic carbocycles. The topological polar surface area (TPSA) is 49.4 Å². The minimum Gasteiger partial charge on any atom is -0.331 e. The van der Waals surface area contributed by atoms with E-state index >= 15 is 0 Å². The maximum atomic E-state index is 12.2. The second kappa shape index (κ2) is 8.53. The quantitative estimate of drug-likeness (QED) is 0.477. The summed E-state index contributed by atoms with van der Waals surface area (Å²) >= 11 is 9.54. The zero-order valence-corrected chi connectivity index (χ0v) is 15.6. The van der Waals surface area contributed by atoms with Gasteiger partial charge in [-0.2, -0.15) is 0 Å². The molecule has 0 fully saturated rings. The van der Waals surface area contributed by atoms with Crippen LogP contribution in [0.5, 0.6) is 0 Å². The normalized spacial score (nSPS) is 12.4. The van der Waals surface area contributed by atoms with Gasteiger partial charge in [0.15, 0.2) is 0 Å². The number of hydrogen-bond donors (Lipinski definition) is 1. The van der Waals surface area contributed by atoms with Gasteiger partial charge in [-0.1, -0.05) is 39.7 Å². The number of rotatable bonds is 5. The fourth-order valence-electron chi connectivity index (χ4n) is 2.31. The average Bonchev–Trinajstić information content (AvgIpc) is 2.37. The Hall–Kier alpha value is -1.07. The van der Waals surface area contributed by atoms with Crippen LogP contribution in [0.2, 0.25) is 0 Å². The molecule has 0 saturated heterocycles. The van der Waals surface area contributed by atoms with Crippen LogP contribution < -0.4 is 5.32 Å². The summed E-state index contributed by atoms with van der Waals surface area (Å²) in [7, 11) is 0. The van der Waals surface area contributed by atoms with Gasteiger partial charge in [0, 0.05) is 23.0 Å². The zero-order chi connectivity index (χ0) is 16.9. The summed E-state index contributed by atoms with van der Waals surface area (Å²) in [6.07, 6.45) is 0.448. The molecule has 2 amide bonds. The van der Waals surface area contributed by atoms with Crippen molar-refractivity contribution in [3.63, 3.8) is 0 Å². The maximum absolute atomic E-state index is 12.2. The molecule has 0 saturated carbocycles. The van der Waals surface area contributed by atoms with Crippen LogP contribution in [0.4, 0.5) is 0 Å². The van der Waals surface area contributed by atoms with Crippen LogP contribution in [0.25, 0.3) is 0 Å². The summed E-state index contributed by atoms with van der Waals surface area (Å²) in [5, 5.41) is 2.56. The summed E-state index contributed by atoms with van der Waals surface area (Å²) < 4.78 is 0.946. The van der Waals surface area contributed by atoms with Gasteiger partial charge in [-0.05, 0) is 45.4 Å². The van der Waals surface area contributed by atoms with Gasteiger partial charge in [0.1, 0.15) is 5.50 Å². The Kier molecular flexibility index (Phi) is 7.36. The first kappa shape index (κ1) is 19.0. The lowest BCUT2D eigenvalue weighted by molar-refractivity contribution is -0.148. The lowest BCUT2D eigenvalue weighted by Crippen LogP contribution is -2.50. The monoisotopic (exact) mass is 388 g/mol. The third kappa shape index (κ3) is 5.61. The highest BCUT2D eigenvalue weighted by Gasteiger charge is 2.27. The molecule has 1 atom stereocenters. The van der Waals surface area contributed by atoms with Gasteiger partial charge in [0.25, 0.3) is 0 Å². The number of hydrogen-bond acceptors (Lipinski definition) is 2. The van der Waals surface area contributed by atoms with Crippen molar-refractivity contribution in [2.24, 2.45) is 0 Å². The van der Waals surface area contributed by atoms with Crippen LogP contribution in [0, 0.1) is 0 Å². The summed E-state index contributed by atoms with van der Waals surface area (Å²) in [4.78, 5) is 25.8. The van der Waals surface area contributed by atoms with Crippen molar-refractivity contribution in [3.8, 4) is 0 Å². The van der Waals surface area contributed by atoms with E-state index in [2.05, 4.69) is 21.2 Å². The lowest BCUT2D eigenvalue weighted by atomic mass is 10.1. The summed E-state index contributed by atoms with van der Waals surface area (Å²) in [5.41, 5.74) is 0.346. The molecular weight excluding hydrogens is 368 g/mol. The molecule has 22 heavy (non-hydrogen) atoms. The Labute approximate surface area is 145 Å². The van der Waals surface area contributed by atoms with Crippen molar-refractivity contribution in [1.82, 2.24) is 10.2 Å². The highest BCUT2D eigenvalue weighted by molar-refractivity contribution is 9.10. The van der Waals surface area contributed by atoms with Gasteiger partial charge in [0.2, 0.25) is 0 Å². The van der Waals surface area contributed by atoms with Crippen LogP contribution in [0.1, 0.15) is 33.3 Å². The van der Waals surface area contributed by atoms with Crippen molar-refractivity contribution in [2.45, 2.75) is 51.7 Å². The van der Waals surface area contributed by atoms with Crippen LogP contribution in [0.15, 0.2) is 28.7 Å². The smallest absolute Gasteiger partial charge is 0.312 e. The molecule has 6 heteroatoms. The molecule has 0 aliphatic rings. The molecule has 4 nitrogen and oxygen atoms in total. The number of carbonyl (C=O) groups is 2. The van der Waals surface area contributed by atoms with Gasteiger partial charge < -0.3 is 10.2 Å². The molecule has 1 aromatic rings. The van der Waals surface area contributed by atoms with Crippen molar-refractivity contribution < 1.29 is 9.59 Å². The first-order valence-corrected chi connectivity index (χ1v) is 8.47. The molecule has 0 radical (unpaired) electrons. The molecular formula is C16H22BrClN2O2. The third-order valence-electron chi connectivity index (χ3n) is 3.13. The summed E-state index contributed by atoms with van der Waals surface area (Å²) in [5.74, 6) is -1.22. The Morgan fingerprint density at radius 1 is 1.23 bits per heavy atom. The van der Waals surface area contributed by atoms with Gasteiger partial charge in [-0.3, -0.25) is 9.59 Å². The molecule has 0 aromatic heterocycles. The van der Waals surface area contributed by atoms with Crippen LogP contribution >= 0.6 is 27.5 Å². The van der Waals surface area contributed by atoms with Gasteiger partial charge in [0.05, 0.1) is 0 Å². The van der Waals surface area contributed by atoms with Crippen molar-refractivity contribution in [3.05, 3.63) is 34.3 Å². The molecule has 122 valence electrons. The predicted octanol–water partition coefficient (Wildman–Crippen LogP) is 3.32. The number of benzene rings is 1. The maximum Gasteiger partial charge on any atom is 0.312 e. The molecule has 1 N–H and O–H groups in total. The second-order valence-corrected chi connectivity index (χ2v) is 7.12.